The summed E-state index contributed by atoms with van der Waals surface area (Å²) >= 11 is 4.92. The van der Waals surface area contributed by atoms with Crippen molar-refractivity contribution in [3.63, 3.8) is 0 Å². The van der Waals surface area contributed by atoms with E-state index in [0.717, 1.165) is 18.4 Å². The highest BCUT2D eigenvalue weighted by Gasteiger charge is 2.03. The molecular formula is C8H10OS. The summed E-state index contributed by atoms with van der Waals surface area (Å²) in [5.74, 6) is 0. The van der Waals surface area contributed by atoms with Crippen LogP contribution in [0.2, 0.25) is 0 Å². The Kier molecular flexibility index (Phi) is 2.78. The van der Waals surface area contributed by atoms with Crippen LogP contribution in [0.5, 0.6) is 0 Å². The van der Waals surface area contributed by atoms with E-state index >= 15 is 0 Å². The van der Waals surface area contributed by atoms with E-state index < -0.39 is 0 Å². The predicted octanol–water partition coefficient (Wildman–Crippen LogP) is 1.62. The summed E-state index contributed by atoms with van der Waals surface area (Å²) in [5, 5.41) is 8.68. The minimum atomic E-state index is 0.00894. The Morgan fingerprint density at radius 3 is 3.00 bits per heavy atom. The van der Waals surface area contributed by atoms with Crippen LogP contribution in [0.4, 0.5) is 0 Å². The van der Waals surface area contributed by atoms with E-state index in [1.807, 2.05) is 12.2 Å². The van der Waals surface area contributed by atoms with E-state index in [1.54, 1.807) is 0 Å². The summed E-state index contributed by atoms with van der Waals surface area (Å²) in [6, 6.07) is 0. The van der Waals surface area contributed by atoms with E-state index in [4.69, 9.17) is 17.3 Å². The van der Waals surface area contributed by atoms with Gasteiger partial charge in [0.1, 0.15) is 0 Å². The first-order valence-electron chi connectivity index (χ1n) is 3.34. The van der Waals surface area contributed by atoms with Gasteiger partial charge in [-0.2, -0.15) is 0 Å². The molecule has 0 aromatic rings. The van der Waals surface area contributed by atoms with Crippen LogP contribution in [0.15, 0.2) is 23.8 Å². The molecule has 0 unspecified atom stereocenters. The van der Waals surface area contributed by atoms with Gasteiger partial charge in [0.15, 0.2) is 0 Å². The SMILES string of the molecule is OCC(=S)C1=CC=CCC1. The van der Waals surface area contributed by atoms with Crippen molar-refractivity contribution in [2.24, 2.45) is 0 Å². The Balaban J connectivity index is 2.62. The van der Waals surface area contributed by atoms with E-state index in [-0.39, 0.29) is 6.61 Å². The molecule has 0 radical (unpaired) electrons. The summed E-state index contributed by atoms with van der Waals surface area (Å²) in [4.78, 5) is 0.685. The van der Waals surface area contributed by atoms with Gasteiger partial charge in [0.2, 0.25) is 0 Å². The Morgan fingerprint density at radius 2 is 2.50 bits per heavy atom. The molecule has 1 nitrogen and oxygen atoms in total. The molecule has 0 aromatic heterocycles. The minimum Gasteiger partial charge on any atom is -0.391 e. The van der Waals surface area contributed by atoms with Crippen LogP contribution in [0, 0.1) is 0 Å². The van der Waals surface area contributed by atoms with Gasteiger partial charge in [-0.3, -0.25) is 0 Å². The lowest BCUT2D eigenvalue weighted by Gasteiger charge is -2.06. The van der Waals surface area contributed by atoms with E-state index in [9.17, 15) is 0 Å². The third-order valence-corrected chi connectivity index (χ3v) is 1.91. The molecule has 54 valence electrons. The standard InChI is InChI=1S/C8H10OS/c9-6-8(10)7-4-2-1-3-5-7/h1-2,4,9H,3,5-6H2. The average Bonchev–Trinajstić information content (AvgIpc) is 2.05. The molecule has 0 aromatic carbocycles. The summed E-state index contributed by atoms with van der Waals surface area (Å²) in [6.45, 7) is 0.00894. The van der Waals surface area contributed by atoms with Crippen molar-refractivity contribution < 1.29 is 5.11 Å². The molecule has 0 atom stereocenters. The van der Waals surface area contributed by atoms with E-state index in [2.05, 4.69) is 6.08 Å². The molecule has 1 aliphatic rings. The average molecular weight is 154 g/mol. The third kappa shape index (κ3) is 1.75. The maximum Gasteiger partial charge on any atom is 0.0785 e. The van der Waals surface area contributed by atoms with Crippen LogP contribution < -0.4 is 0 Å². The lowest BCUT2D eigenvalue weighted by Crippen LogP contribution is -2.05. The van der Waals surface area contributed by atoms with Crippen LogP contribution in [-0.4, -0.2) is 16.6 Å². The molecule has 0 aliphatic heterocycles. The Bertz CT molecular complexity index is 191. The van der Waals surface area contributed by atoms with Crippen LogP contribution in [0.3, 0.4) is 0 Å². The second kappa shape index (κ2) is 3.64. The number of hydrogen-bond donors (Lipinski definition) is 1. The van der Waals surface area contributed by atoms with Crippen LogP contribution in [0.1, 0.15) is 12.8 Å². The minimum absolute atomic E-state index is 0.00894. The maximum absolute atomic E-state index is 8.68. The van der Waals surface area contributed by atoms with Crippen molar-refractivity contribution in [3.8, 4) is 0 Å². The fourth-order valence-electron chi connectivity index (χ4n) is 0.937. The molecule has 2 heteroatoms. The van der Waals surface area contributed by atoms with Crippen molar-refractivity contribution >= 4 is 17.1 Å². The zero-order valence-electron chi connectivity index (χ0n) is 5.71. The first-order valence-corrected chi connectivity index (χ1v) is 3.75. The molecule has 0 saturated heterocycles. The molecule has 0 spiro atoms. The molecule has 0 amide bonds. The highest BCUT2D eigenvalue weighted by Crippen LogP contribution is 2.12. The number of allylic oxidation sites excluding steroid dienone is 3. The van der Waals surface area contributed by atoms with Crippen LogP contribution in [-0.2, 0) is 0 Å². The summed E-state index contributed by atoms with van der Waals surface area (Å²) in [6.07, 6.45) is 8.09. The Morgan fingerprint density at radius 1 is 1.70 bits per heavy atom. The molecule has 1 aliphatic carbocycles. The smallest absolute Gasteiger partial charge is 0.0785 e. The monoisotopic (exact) mass is 154 g/mol. The lowest BCUT2D eigenvalue weighted by molar-refractivity contribution is 0.359. The molecule has 0 heterocycles. The second-order valence-electron chi connectivity index (χ2n) is 2.24. The number of aliphatic hydroxyl groups is 1. The maximum atomic E-state index is 8.68. The number of aliphatic hydroxyl groups excluding tert-OH is 1. The number of hydrogen-bond acceptors (Lipinski definition) is 2. The van der Waals surface area contributed by atoms with Gasteiger partial charge in [0.05, 0.1) is 6.61 Å². The third-order valence-electron chi connectivity index (χ3n) is 1.52. The van der Waals surface area contributed by atoms with Crippen LogP contribution >= 0.6 is 12.2 Å². The number of thiocarbonyl (C=S) groups is 1. The Hall–Kier alpha value is -0.470. The van der Waals surface area contributed by atoms with Gasteiger partial charge in [0, 0.05) is 4.86 Å². The molecular weight excluding hydrogens is 144 g/mol. The highest BCUT2D eigenvalue weighted by atomic mass is 32.1. The van der Waals surface area contributed by atoms with Gasteiger partial charge in [0.25, 0.3) is 0 Å². The summed E-state index contributed by atoms with van der Waals surface area (Å²) in [7, 11) is 0. The summed E-state index contributed by atoms with van der Waals surface area (Å²) < 4.78 is 0. The normalized spacial score (nSPS) is 16.7. The van der Waals surface area contributed by atoms with Crippen molar-refractivity contribution in [3.05, 3.63) is 23.8 Å². The topological polar surface area (TPSA) is 20.2 Å². The van der Waals surface area contributed by atoms with E-state index in [1.165, 1.54) is 0 Å². The predicted molar refractivity (Wildman–Crippen MR) is 46.1 cm³/mol. The van der Waals surface area contributed by atoms with Crippen molar-refractivity contribution in [1.82, 2.24) is 0 Å². The quantitative estimate of drug-likeness (QED) is 0.610. The highest BCUT2D eigenvalue weighted by molar-refractivity contribution is 7.80. The van der Waals surface area contributed by atoms with Gasteiger partial charge < -0.3 is 5.11 Å². The summed E-state index contributed by atoms with van der Waals surface area (Å²) in [5.41, 5.74) is 1.11. The fourth-order valence-corrected chi connectivity index (χ4v) is 1.11. The molecule has 0 saturated carbocycles. The van der Waals surface area contributed by atoms with Crippen molar-refractivity contribution in [1.29, 1.82) is 0 Å². The molecule has 1 rings (SSSR count). The van der Waals surface area contributed by atoms with Gasteiger partial charge in [-0.15, -0.1) is 0 Å². The van der Waals surface area contributed by atoms with Gasteiger partial charge in [-0.05, 0) is 18.4 Å². The first kappa shape index (κ1) is 7.63. The van der Waals surface area contributed by atoms with Gasteiger partial charge in [-0.25, -0.2) is 0 Å². The lowest BCUT2D eigenvalue weighted by atomic mass is 10.0. The van der Waals surface area contributed by atoms with Crippen molar-refractivity contribution in [2.75, 3.05) is 6.61 Å². The van der Waals surface area contributed by atoms with Gasteiger partial charge in [-0.1, -0.05) is 30.4 Å². The molecule has 1 N–H and O–H groups in total. The van der Waals surface area contributed by atoms with Gasteiger partial charge >= 0.3 is 0 Å². The number of rotatable bonds is 2. The van der Waals surface area contributed by atoms with Crippen LogP contribution in [0.25, 0.3) is 0 Å². The Labute approximate surface area is 66.1 Å². The first-order chi connectivity index (χ1) is 4.84. The fraction of sp³-hybridized carbons (Fsp3) is 0.375. The molecule has 0 bridgehead atoms. The zero-order chi connectivity index (χ0) is 7.40. The largest absolute Gasteiger partial charge is 0.391 e. The second-order valence-corrected chi connectivity index (χ2v) is 2.73. The van der Waals surface area contributed by atoms with E-state index in [0.29, 0.717) is 4.86 Å². The molecule has 10 heavy (non-hydrogen) atoms. The van der Waals surface area contributed by atoms with Crippen molar-refractivity contribution in [2.45, 2.75) is 12.8 Å². The molecule has 0 fully saturated rings. The zero-order valence-corrected chi connectivity index (χ0v) is 6.53.